The van der Waals surface area contributed by atoms with Gasteiger partial charge in [0.2, 0.25) is 0 Å². The lowest BCUT2D eigenvalue weighted by Gasteiger charge is -2.18. The molecule has 2 amide bonds. The standard InChI is InChI=1S/C22H30N4O6/c1-4-6-7-10-16(12-19(27)28)32-22(31)14(3)24-20(29)17(5-2)26-21(30)18-11-8-9-15(13-23)25-18/h5,7-11,14,16H,4,6,12-13,23H2,1-3H3,(H,24,29)(H,26,30)(H,27,28)/b10-7+,17-5-/t14-,16+/m0/s1. The zero-order chi connectivity index (χ0) is 24.1. The Kier molecular flexibility index (Phi) is 11.4. The predicted molar refractivity (Wildman–Crippen MR) is 117 cm³/mol. The monoisotopic (exact) mass is 446 g/mol. The third-order valence-corrected chi connectivity index (χ3v) is 4.18. The Hall–Kier alpha value is -3.53. The van der Waals surface area contributed by atoms with E-state index in [1.807, 2.05) is 6.92 Å². The van der Waals surface area contributed by atoms with Crippen molar-refractivity contribution in [2.24, 2.45) is 5.73 Å². The minimum Gasteiger partial charge on any atom is -0.481 e. The molecule has 0 aliphatic carbocycles. The summed E-state index contributed by atoms with van der Waals surface area (Å²) in [4.78, 5) is 52.3. The molecule has 0 spiro atoms. The van der Waals surface area contributed by atoms with Crippen LogP contribution in [-0.2, 0) is 25.7 Å². The smallest absolute Gasteiger partial charge is 0.328 e. The average Bonchev–Trinajstić information content (AvgIpc) is 2.76. The van der Waals surface area contributed by atoms with Gasteiger partial charge < -0.3 is 26.2 Å². The van der Waals surface area contributed by atoms with Gasteiger partial charge in [0, 0.05) is 6.54 Å². The number of unbranched alkanes of at least 4 members (excludes halogenated alkanes) is 1. The Morgan fingerprint density at radius 1 is 1.28 bits per heavy atom. The molecule has 0 bridgehead atoms. The molecule has 0 fully saturated rings. The maximum Gasteiger partial charge on any atom is 0.328 e. The van der Waals surface area contributed by atoms with Gasteiger partial charge in [-0.1, -0.05) is 31.6 Å². The fraction of sp³-hybridized carbons (Fsp3) is 0.409. The first kappa shape index (κ1) is 26.5. The van der Waals surface area contributed by atoms with Crippen molar-refractivity contribution in [1.82, 2.24) is 15.6 Å². The van der Waals surface area contributed by atoms with E-state index < -0.39 is 42.3 Å². The van der Waals surface area contributed by atoms with E-state index in [2.05, 4.69) is 15.6 Å². The van der Waals surface area contributed by atoms with Crippen molar-refractivity contribution < 1.29 is 29.0 Å². The van der Waals surface area contributed by atoms with Crippen LogP contribution in [0.1, 0.15) is 56.2 Å². The number of aliphatic carboxylic acids is 1. The number of rotatable bonds is 12. The third-order valence-electron chi connectivity index (χ3n) is 4.18. The van der Waals surface area contributed by atoms with Gasteiger partial charge in [-0.3, -0.25) is 14.4 Å². The van der Waals surface area contributed by atoms with Crippen molar-refractivity contribution in [3.63, 3.8) is 0 Å². The molecule has 32 heavy (non-hydrogen) atoms. The van der Waals surface area contributed by atoms with Gasteiger partial charge in [-0.25, -0.2) is 9.78 Å². The topological polar surface area (TPSA) is 161 Å². The van der Waals surface area contributed by atoms with E-state index in [0.29, 0.717) is 12.1 Å². The maximum absolute atomic E-state index is 12.5. The Morgan fingerprint density at radius 2 is 2.00 bits per heavy atom. The number of hydrogen-bond acceptors (Lipinski definition) is 7. The van der Waals surface area contributed by atoms with E-state index in [1.54, 1.807) is 25.1 Å². The minimum atomic E-state index is -1.12. The number of allylic oxidation sites excluding steroid dienone is 2. The minimum absolute atomic E-state index is 0.0838. The van der Waals surface area contributed by atoms with Crippen LogP contribution in [0.25, 0.3) is 0 Å². The van der Waals surface area contributed by atoms with Gasteiger partial charge in [-0.05, 0) is 38.5 Å². The van der Waals surface area contributed by atoms with Gasteiger partial charge in [0.15, 0.2) is 0 Å². The fourth-order valence-electron chi connectivity index (χ4n) is 2.49. The number of nitrogens with zero attached hydrogens (tertiary/aromatic N) is 1. The first-order chi connectivity index (χ1) is 15.2. The van der Waals surface area contributed by atoms with Crippen LogP contribution in [0.2, 0.25) is 0 Å². The normalized spacial score (nSPS) is 13.3. The summed E-state index contributed by atoms with van der Waals surface area (Å²) in [5.74, 6) is -3.24. The highest BCUT2D eigenvalue weighted by molar-refractivity contribution is 6.02. The molecule has 0 radical (unpaired) electrons. The molecule has 2 atom stereocenters. The maximum atomic E-state index is 12.5. The molecular weight excluding hydrogens is 416 g/mol. The van der Waals surface area contributed by atoms with Crippen molar-refractivity contribution >= 4 is 23.8 Å². The average molecular weight is 447 g/mol. The molecule has 0 saturated heterocycles. The highest BCUT2D eigenvalue weighted by Gasteiger charge is 2.24. The molecule has 0 aliphatic rings. The summed E-state index contributed by atoms with van der Waals surface area (Å²) in [6.45, 7) is 5.06. The molecule has 1 rings (SSSR count). The van der Waals surface area contributed by atoms with Gasteiger partial charge >= 0.3 is 11.9 Å². The van der Waals surface area contributed by atoms with Gasteiger partial charge in [-0.15, -0.1) is 0 Å². The second-order valence-corrected chi connectivity index (χ2v) is 6.86. The van der Waals surface area contributed by atoms with Crippen LogP contribution in [0, 0.1) is 0 Å². The zero-order valence-electron chi connectivity index (χ0n) is 18.5. The van der Waals surface area contributed by atoms with E-state index in [0.717, 1.165) is 6.42 Å². The number of amides is 2. The molecule has 10 nitrogen and oxygen atoms in total. The molecule has 0 unspecified atom stereocenters. The Morgan fingerprint density at radius 3 is 2.59 bits per heavy atom. The molecule has 10 heteroatoms. The van der Waals surface area contributed by atoms with Crippen LogP contribution >= 0.6 is 0 Å². The van der Waals surface area contributed by atoms with Crippen molar-refractivity contribution in [2.45, 2.75) is 58.7 Å². The largest absolute Gasteiger partial charge is 0.481 e. The first-order valence-corrected chi connectivity index (χ1v) is 10.2. The highest BCUT2D eigenvalue weighted by atomic mass is 16.5. The third kappa shape index (κ3) is 9.09. The van der Waals surface area contributed by atoms with E-state index >= 15 is 0 Å². The first-order valence-electron chi connectivity index (χ1n) is 10.2. The number of carbonyl (C=O) groups is 4. The molecule has 0 aromatic carbocycles. The summed E-state index contributed by atoms with van der Waals surface area (Å²) in [5, 5.41) is 13.9. The van der Waals surface area contributed by atoms with Crippen LogP contribution in [0.4, 0.5) is 0 Å². The summed E-state index contributed by atoms with van der Waals surface area (Å²) in [6.07, 6.45) is 4.87. The number of ether oxygens (including phenoxy) is 1. The summed E-state index contributed by atoms with van der Waals surface area (Å²) in [7, 11) is 0. The number of hydrogen-bond donors (Lipinski definition) is 4. The van der Waals surface area contributed by atoms with Crippen LogP contribution in [0.15, 0.2) is 42.1 Å². The number of carboxylic acids is 1. The quantitative estimate of drug-likeness (QED) is 0.213. The molecule has 1 heterocycles. The van der Waals surface area contributed by atoms with Gasteiger partial charge in [0.25, 0.3) is 11.8 Å². The number of aromatic nitrogens is 1. The zero-order valence-corrected chi connectivity index (χ0v) is 18.5. The van der Waals surface area contributed by atoms with Gasteiger partial charge in [-0.2, -0.15) is 0 Å². The van der Waals surface area contributed by atoms with E-state index in [9.17, 15) is 19.2 Å². The van der Waals surface area contributed by atoms with Crippen LogP contribution in [0.3, 0.4) is 0 Å². The molecule has 1 aromatic heterocycles. The lowest BCUT2D eigenvalue weighted by atomic mass is 10.2. The summed E-state index contributed by atoms with van der Waals surface area (Å²) in [6, 6.07) is 3.69. The lowest BCUT2D eigenvalue weighted by molar-refractivity contribution is -0.153. The van der Waals surface area contributed by atoms with Crippen molar-refractivity contribution in [1.29, 1.82) is 0 Å². The fourth-order valence-corrected chi connectivity index (χ4v) is 2.49. The summed E-state index contributed by atoms with van der Waals surface area (Å²) >= 11 is 0. The number of carboxylic acid groups (broad SMARTS) is 1. The Balaban J connectivity index is 2.74. The van der Waals surface area contributed by atoms with Crippen LogP contribution in [-0.4, -0.2) is 46.0 Å². The molecule has 0 aliphatic heterocycles. The van der Waals surface area contributed by atoms with Crippen molar-refractivity contribution in [2.75, 3.05) is 0 Å². The molecule has 5 N–H and O–H groups in total. The van der Waals surface area contributed by atoms with Crippen LogP contribution in [0.5, 0.6) is 0 Å². The SMILES string of the molecule is C/C=C(\NC(=O)c1cccc(CN)n1)C(=O)N[C@@H](C)C(=O)O[C@H](/C=C/CCC)CC(=O)O. The van der Waals surface area contributed by atoms with Crippen LogP contribution < -0.4 is 16.4 Å². The van der Waals surface area contributed by atoms with Gasteiger partial charge in [0.1, 0.15) is 23.5 Å². The number of carbonyl (C=O) groups excluding carboxylic acids is 3. The Bertz CT molecular complexity index is 881. The number of nitrogens with two attached hydrogens (primary N) is 1. The predicted octanol–water partition coefficient (Wildman–Crippen LogP) is 1.42. The summed E-state index contributed by atoms with van der Waals surface area (Å²) < 4.78 is 5.21. The van der Waals surface area contributed by atoms with Crippen molar-refractivity contribution in [3.8, 4) is 0 Å². The summed E-state index contributed by atoms with van der Waals surface area (Å²) in [5.41, 5.74) is 6.04. The molecule has 1 aromatic rings. The Labute approximate surface area is 186 Å². The van der Waals surface area contributed by atoms with Gasteiger partial charge in [0.05, 0.1) is 12.1 Å². The van der Waals surface area contributed by atoms with Crippen molar-refractivity contribution in [3.05, 3.63) is 53.5 Å². The highest BCUT2D eigenvalue weighted by Crippen LogP contribution is 2.06. The molecule has 0 saturated carbocycles. The number of pyridine rings is 1. The molecule has 174 valence electrons. The second kappa shape index (κ2) is 13.7. The van der Waals surface area contributed by atoms with E-state index in [1.165, 1.54) is 25.1 Å². The van der Waals surface area contributed by atoms with E-state index in [-0.39, 0.29) is 17.9 Å². The van der Waals surface area contributed by atoms with E-state index in [4.69, 9.17) is 15.6 Å². The molecular formula is C22H30N4O6. The number of nitrogens with one attached hydrogen (secondary N) is 2. The second-order valence-electron chi connectivity index (χ2n) is 6.86. The number of esters is 1. The lowest BCUT2D eigenvalue weighted by Crippen LogP contribution is -2.44.